The van der Waals surface area contributed by atoms with Crippen molar-refractivity contribution >= 4 is 98.9 Å². The standard InChI is InChI=1S/C36H32N4O6S2/c1-35(2,3)33(43)45-13-11-17-15-23-31(47-17)39-27(37-23)19-7-10-22-26-20(8-9-21(25(19)26)29(39)41)28-38-24-16-18(48-32(24)40(28)30(22)42)12-14-46-34(44)36(4,5)6/h7-10,15-16H,11-14H2,1-6H3. The number of esters is 2. The van der Waals surface area contributed by atoms with Crippen LogP contribution in [-0.2, 0) is 31.9 Å². The van der Waals surface area contributed by atoms with Crippen molar-refractivity contribution in [3.05, 3.63) is 66.9 Å². The van der Waals surface area contributed by atoms with Crippen LogP contribution in [0.25, 0.3) is 64.3 Å². The Morgan fingerprint density at radius 1 is 0.646 bits per heavy atom. The highest BCUT2D eigenvalue weighted by atomic mass is 32.1. The number of carbonyl (C=O) groups excluding carboxylic acids is 2. The zero-order chi connectivity index (χ0) is 33.9. The second kappa shape index (κ2) is 10.4. The number of ether oxygens (including phenoxy) is 2. The molecule has 48 heavy (non-hydrogen) atoms. The Morgan fingerprint density at radius 3 is 1.40 bits per heavy atom. The zero-order valence-corrected chi connectivity index (χ0v) is 29.0. The lowest BCUT2D eigenvalue weighted by Crippen LogP contribution is -2.23. The third-order valence-electron chi connectivity index (χ3n) is 8.67. The molecule has 0 unspecified atom stereocenters. The molecule has 0 saturated heterocycles. The second-order valence-corrected chi connectivity index (χ2v) is 16.5. The quantitative estimate of drug-likeness (QED) is 0.140. The minimum atomic E-state index is -0.570. The molecule has 0 bridgehead atoms. The summed E-state index contributed by atoms with van der Waals surface area (Å²) in [6, 6.07) is 11.3. The number of thiophene rings is 2. The van der Waals surface area contributed by atoms with Crippen LogP contribution in [0.15, 0.2) is 46.0 Å². The second-order valence-electron chi connectivity index (χ2n) is 14.3. The molecule has 0 N–H and O–H groups in total. The van der Waals surface area contributed by atoms with E-state index in [1.807, 2.05) is 77.9 Å². The number of imidazole rings is 2. The molecule has 0 radical (unpaired) electrons. The molecule has 6 heterocycles. The fourth-order valence-corrected chi connectivity index (χ4v) is 8.36. The predicted molar refractivity (Wildman–Crippen MR) is 190 cm³/mol. The highest BCUT2D eigenvalue weighted by molar-refractivity contribution is 7.19. The van der Waals surface area contributed by atoms with Crippen LogP contribution in [0.1, 0.15) is 51.3 Å². The minimum absolute atomic E-state index is 0.199. The number of carbonyl (C=O) groups is 2. The molecule has 0 atom stereocenters. The number of benzene rings is 2. The van der Waals surface area contributed by atoms with Crippen LogP contribution in [0.5, 0.6) is 0 Å². The Morgan fingerprint density at radius 2 is 1.02 bits per heavy atom. The van der Waals surface area contributed by atoms with Crippen LogP contribution >= 0.6 is 22.7 Å². The van der Waals surface area contributed by atoms with Crippen molar-refractivity contribution in [2.24, 2.45) is 10.8 Å². The summed E-state index contributed by atoms with van der Waals surface area (Å²) in [5.41, 5.74) is 0.956. The topological polar surface area (TPSA) is 121 Å². The van der Waals surface area contributed by atoms with Gasteiger partial charge >= 0.3 is 11.9 Å². The lowest BCUT2D eigenvalue weighted by atomic mass is 9.96. The van der Waals surface area contributed by atoms with Gasteiger partial charge in [0.1, 0.15) is 32.0 Å². The van der Waals surface area contributed by atoms with Gasteiger partial charge in [-0.1, -0.05) is 0 Å². The predicted octanol–water partition coefficient (Wildman–Crippen LogP) is 6.73. The molecule has 0 aliphatic carbocycles. The van der Waals surface area contributed by atoms with Crippen molar-refractivity contribution < 1.29 is 19.1 Å². The molecule has 8 rings (SSSR count). The van der Waals surface area contributed by atoms with E-state index < -0.39 is 10.8 Å². The molecular weight excluding hydrogens is 649 g/mol. The molecule has 0 spiro atoms. The molecule has 0 aliphatic rings. The molecular formula is C36H32N4O6S2. The summed E-state index contributed by atoms with van der Waals surface area (Å²) >= 11 is 2.94. The van der Waals surface area contributed by atoms with Gasteiger partial charge < -0.3 is 9.47 Å². The summed E-state index contributed by atoms with van der Waals surface area (Å²) in [6.45, 7) is 11.4. The lowest BCUT2D eigenvalue weighted by Gasteiger charge is -2.16. The van der Waals surface area contributed by atoms with E-state index in [0.29, 0.717) is 56.7 Å². The number of hydrogen-bond donors (Lipinski definition) is 0. The van der Waals surface area contributed by atoms with Crippen molar-refractivity contribution in [1.29, 1.82) is 0 Å². The van der Waals surface area contributed by atoms with Gasteiger partial charge in [-0.2, -0.15) is 0 Å². The number of pyridine rings is 2. The molecule has 12 heteroatoms. The zero-order valence-electron chi connectivity index (χ0n) is 27.3. The van der Waals surface area contributed by atoms with Crippen molar-refractivity contribution in [2.75, 3.05) is 13.2 Å². The van der Waals surface area contributed by atoms with Gasteiger partial charge in [0.15, 0.2) is 0 Å². The van der Waals surface area contributed by atoms with E-state index in [9.17, 15) is 19.2 Å². The molecule has 8 aromatic rings. The Balaban J connectivity index is 1.21. The van der Waals surface area contributed by atoms with Crippen molar-refractivity contribution in [1.82, 2.24) is 18.8 Å². The Labute approximate surface area is 281 Å². The van der Waals surface area contributed by atoms with Crippen LogP contribution in [0.4, 0.5) is 0 Å². The van der Waals surface area contributed by atoms with E-state index in [4.69, 9.17) is 19.4 Å². The summed E-state index contributed by atoms with van der Waals surface area (Å²) in [5.74, 6) is -0.507. The summed E-state index contributed by atoms with van der Waals surface area (Å²) in [5, 5.41) is 4.01. The van der Waals surface area contributed by atoms with Crippen LogP contribution < -0.4 is 11.1 Å². The van der Waals surface area contributed by atoms with Gasteiger partial charge in [0, 0.05) is 54.9 Å². The smallest absolute Gasteiger partial charge is 0.311 e. The molecule has 6 aromatic heterocycles. The number of hydrogen-bond acceptors (Lipinski definition) is 10. The highest BCUT2D eigenvalue weighted by Crippen LogP contribution is 2.38. The van der Waals surface area contributed by atoms with Gasteiger partial charge in [0.25, 0.3) is 11.1 Å². The molecule has 0 amide bonds. The maximum Gasteiger partial charge on any atom is 0.311 e. The summed E-state index contributed by atoms with van der Waals surface area (Å²) < 4.78 is 14.2. The molecule has 244 valence electrons. The van der Waals surface area contributed by atoms with E-state index in [2.05, 4.69) is 0 Å². The van der Waals surface area contributed by atoms with Crippen molar-refractivity contribution in [3.8, 4) is 0 Å². The molecule has 2 aromatic carbocycles. The van der Waals surface area contributed by atoms with Gasteiger partial charge in [-0.05, 0) is 77.9 Å². The Kier molecular flexibility index (Phi) is 6.64. The molecule has 10 nitrogen and oxygen atoms in total. The van der Waals surface area contributed by atoms with E-state index in [0.717, 1.165) is 30.2 Å². The van der Waals surface area contributed by atoms with E-state index in [1.165, 1.54) is 22.7 Å². The van der Waals surface area contributed by atoms with Gasteiger partial charge in [-0.15, -0.1) is 22.7 Å². The fraction of sp³-hybridized carbons (Fsp3) is 0.333. The van der Waals surface area contributed by atoms with Crippen LogP contribution in [-0.4, -0.2) is 43.9 Å². The summed E-state index contributed by atoms with van der Waals surface area (Å²) in [4.78, 5) is 65.8. The van der Waals surface area contributed by atoms with Gasteiger partial charge in [0.2, 0.25) is 0 Å². The maximum absolute atomic E-state index is 14.1. The molecule has 0 fully saturated rings. The number of rotatable bonds is 6. The van der Waals surface area contributed by atoms with Crippen LogP contribution in [0.3, 0.4) is 0 Å². The van der Waals surface area contributed by atoms with Gasteiger partial charge in [-0.25, -0.2) is 18.8 Å². The van der Waals surface area contributed by atoms with Crippen LogP contribution in [0, 0.1) is 10.8 Å². The SMILES string of the molecule is CC(C)(C)C(=O)OCCc1cc2nc3c4ccc5c(=O)n6c(nc7cc(CCOC(=O)C(C)(C)C)sc76)c6ccc(c(=O)n3c2s1)c4c56. The third-order valence-corrected chi connectivity index (χ3v) is 11.0. The third kappa shape index (κ3) is 4.56. The lowest BCUT2D eigenvalue weighted by molar-refractivity contribution is -0.153. The minimum Gasteiger partial charge on any atom is -0.465 e. The monoisotopic (exact) mass is 680 g/mol. The Bertz CT molecular complexity index is 2550. The number of fused-ring (bicyclic) bond motifs is 8. The summed E-state index contributed by atoms with van der Waals surface area (Å²) in [7, 11) is 0. The average molecular weight is 681 g/mol. The van der Waals surface area contributed by atoms with Crippen molar-refractivity contribution in [2.45, 2.75) is 54.4 Å². The van der Waals surface area contributed by atoms with E-state index in [1.54, 1.807) is 8.80 Å². The first-order chi connectivity index (χ1) is 22.7. The first kappa shape index (κ1) is 30.6. The van der Waals surface area contributed by atoms with Gasteiger partial charge in [-0.3, -0.25) is 19.2 Å². The van der Waals surface area contributed by atoms with Gasteiger partial charge in [0.05, 0.1) is 24.0 Å². The number of aromatic nitrogens is 4. The number of nitrogens with zero attached hydrogens (tertiary/aromatic N) is 4. The normalized spacial score (nSPS) is 13.0. The summed E-state index contributed by atoms with van der Waals surface area (Å²) in [6.07, 6.45) is 1.06. The highest BCUT2D eigenvalue weighted by Gasteiger charge is 2.26. The Hall–Kier alpha value is -4.68. The molecule has 0 saturated carbocycles. The maximum atomic E-state index is 14.1. The first-order valence-corrected chi connectivity index (χ1v) is 17.4. The largest absolute Gasteiger partial charge is 0.465 e. The average Bonchev–Trinajstić information content (AvgIpc) is 3.77. The van der Waals surface area contributed by atoms with Crippen LogP contribution in [0.2, 0.25) is 0 Å². The van der Waals surface area contributed by atoms with E-state index >= 15 is 0 Å². The molecule has 0 aliphatic heterocycles. The fourth-order valence-electron chi connectivity index (χ4n) is 6.21. The first-order valence-electron chi connectivity index (χ1n) is 15.8. The van der Waals surface area contributed by atoms with E-state index in [-0.39, 0.29) is 36.3 Å². The van der Waals surface area contributed by atoms with Crippen molar-refractivity contribution in [3.63, 3.8) is 0 Å².